The highest BCUT2D eigenvalue weighted by Crippen LogP contribution is 2.30. The predicted octanol–water partition coefficient (Wildman–Crippen LogP) is 0.569. The number of hydrogen-bond donors (Lipinski definition) is 2. The Morgan fingerprint density at radius 1 is 1.54 bits per heavy atom. The first-order valence-corrected chi connectivity index (χ1v) is 5.14. The Morgan fingerprint density at radius 2 is 2.15 bits per heavy atom. The lowest BCUT2D eigenvalue weighted by atomic mass is 9.99. The molecule has 2 atom stereocenters. The summed E-state index contributed by atoms with van der Waals surface area (Å²) < 4.78 is 0. The highest BCUT2D eigenvalue weighted by atomic mass is 16.3. The number of aliphatic hydroxyl groups excluding tert-OH is 1. The average molecular weight is 186 g/mol. The van der Waals surface area contributed by atoms with Crippen LogP contribution in [0.15, 0.2) is 0 Å². The van der Waals surface area contributed by atoms with Crippen molar-refractivity contribution < 1.29 is 5.11 Å². The second kappa shape index (κ2) is 3.95. The summed E-state index contributed by atoms with van der Waals surface area (Å²) in [6, 6.07) is 0.183. The van der Waals surface area contributed by atoms with Crippen molar-refractivity contribution in [3.63, 3.8) is 0 Å². The van der Waals surface area contributed by atoms with Crippen LogP contribution >= 0.6 is 0 Å². The van der Waals surface area contributed by atoms with Crippen LogP contribution in [0.3, 0.4) is 0 Å². The van der Waals surface area contributed by atoms with Gasteiger partial charge >= 0.3 is 0 Å². The quantitative estimate of drug-likeness (QED) is 0.677. The standard InChI is InChI=1S/C10H22N2O/c1-8(9(13)7-11)12-6-4-5-10(12,2)3/h8-9,13H,4-7,11H2,1-3H3. The van der Waals surface area contributed by atoms with Gasteiger partial charge in [-0.25, -0.2) is 0 Å². The van der Waals surface area contributed by atoms with E-state index in [1.54, 1.807) is 0 Å². The molecule has 1 fully saturated rings. The minimum Gasteiger partial charge on any atom is -0.390 e. The Labute approximate surface area is 80.9 Å². The summed E-state index contributed by atoms with van der Waals surface area (Å²) in [6.07, 6.45) is 2.06. The van der Waals surface area contributed by atoms with Gasteiger partial charge in [0.2, 0.25) is 0 Å². The highest BCUT2D eigenvalue weighted by Gasteiger charge is 2.36. The van der Waals surface area contributed by atoms with E-state index in [1.807, 2.05) is 0 Å². The molecule has 1 rings (SSSR count). The van der Waals surface area contributed by atoms with E-state index in [9.17, 15) is 5.11 Å². The van der Waals surface area contributed by atoms with Crippen molar-refractivity contribution in [2.24, 2.45) is 5.73 Å². The number of aliphatic hydroxyl groups is 1. The van der Waals surface area contributed by atoms with Crippen LogP contribution < -0.4 is 5.73 Å². The third-order valence-electron chi connectivity index (χ3n) is 3.26. The van der Waals surface area contributed by atoms with E-state index in [-0.39, 0.29) is 11.6 Å². The lowest BCUT2D eigenvalue weighted by Crippen LogP contribution is -2.51. The molecule has 1 saturated heterocycles. The third-order valence-corrected chi connectivity index (χ3v) is 3.26. The molecular weight excluding hydrogens is 164 g/mol. The van der Waals surface area contributed by atoms with Crippen LogP contribution in [-0.2, 0) is 0 Å². The Bertz CT molecular complexity index is 170. The zero-order valence-electron chi connectivity index (χ0n) is 8.95. The summed E-state index contributed by atoms with van der Waals surface area (Å²) >= 11 is 0. The number of likely N-dealkylation sites (tertiary alicyclic amines) is 1. The molecule has 0 radical (unpaired) electrons. The number of nitrogens with two attached hydrogens (primary N) is 1. The first-order valence-electron chi connectivity index (χ1n) is 5.14. The molecule has 1 aliphatic heterocycles. The number of rotatable bonds is 3. The Balaban J connectivity index is 2.60. The van der Waals surface area contributed by atoms with E-state index >= 15 is 0 Å². The minimum atomic E-state index is -0.391. The van der Waals surface area contributed by atoms with Crippen molar-refractivity contribution in [1.29, 1.82) is 0 Å². The van der Waals surface area contributed by atoms with Crippen LogP contribution in [0.2, 0.25) is 0 Å². The molecule has 0 aromatic rings. The number of nitrogens with zero attached hydrogens (tertiary/aromatic N) is 1. The van der Waals surface area contributed by atoms with Crippen molar-refractivity contribution in [1.82, 2.24) is 4.90 Å². The molecule has 3 N–H and O–H groups in total. The van der Waals surface area contributed by atoms with Gasteiger partial charge in [-0.3, -0.25) is 4.90 Å². The van der Waals surface area contributed by atoms with Crippen molar-refractivity contribution in [2.45, 2.75) is 51.3 Å². The van der Waals surface area contributed by atoms with Gasteiger partial charge in [-0.15, -0.1) is 0 Å². The Kier molecular flexibility index (Phi) is 3.33. The maximum Gasteiger partial charge on any atom is 0.0814 e. The van der Waals surface area contributed by atoms with Gasteiger partial charge in [0, 0.05) is 18.1 Å². The molecular formula is C10H22N2O. The van der Waals surface area contributed by atoms with Crippen molar-refractivity contribution >= 4 is 0 Å². The molecule has 78 valence electrons. The molecule has 1 aliphatic rings. The second-order valence-corrected chi connectivity index (χ2v) is 4.65. The Hall–Kier alpha value is -0.120. The minimum absolute atomic E-state index is 0.183. The fourth-order valence-corrected chi connectivity index (χ4v) is 2.29. The van der Waals surface area contributed by atoms with Crippen LogP contribution in [0.5, 0.6) is 0 Å². The van der Waals surface area contributed by atoms with E-state index in [2.05, 4.69) is 25.7 Å². The van der Waals surface area contributed by atoms with Crippen LogP contribution in [0.1, 0.15) is 33.6 Å². The lowest BCUT2D eigenvalue weighted by molar-refractivity contribution is 0.0295. The fourth-order valence-electron chi connectivity index (χ4n) is 2.29. The monoisotopic (exact) mass is 186 g/mol. The van der Waals surface area contributed by atoms with Gasteiger partial charge < -0.3 is 10.8 Å². The first-order chi connectivity index (χ1) is 5.99. The third kappa shape index (κ3) is 2.22. The molecule has 3 nitrogen and oxygen atoms in total. The topological polar surface area (TPSA) is 49.5 Å². The molecule has 0 amide bonds. The fraction of sp³-hybridized carbons (Fsp3) is 1.00. The molecule has 0 bridgehead atoms. The van der Waals surface area contributed by atoms with Crippen molar-refractivity contribution in [3.05, 3.63) is 0 Å². The summed E-state index contributed by atoms with van der Waals surface area (Å²) in [5.41, 5.74) is 5.68. The van der Waals surface area contributed by atoms with Gasteiger partial charge in [-0.1, -0.05) is 0 Å². The molecule has 0 aromatic carbocycles. The molecule has 0 spiro atoms. The second-order valence-electron chi connectivity index (χ2n) is 4.65. The van der Waals surface area contributed by atoms with E-state index in [1.165, 1.54) is 12.8 Å². The summed E-state index contributed by atoms with van der Waals surface area (Å²) in [5, 5.41) is 9.65. The summed E-state index contributed by atoms with van der Waals surface area (Å²) in [4.78, 5) is 2.37. The normalized spacial score (nSPS) is 27.5. The summed E-state index contributed by atoms with van der Waals surface area (Å²) in [5.74, 6) is 0. The maximum absolute atomic E-state index is 9.65. The molecule has 0 aliphatic carbocycles. The van der Waals surface area contributed by atoms with Gasteiger partial charge in [0.15, 0.2) is 0 Å². The van der Waals surface area contributed by atoms with Crippen molar-refractivity contribution in [3.8, 4) is 0 Å². The van der Waals surface area contributed by atoms with Gasteiger partial charge in [0.25, 0.3) is 0 Å². The van der Waals surface area contributed by atoms with Gasteiger partial charge in [-0.05, 0) is 40.2 Å². The molecule has 2 unspecified atom stereocenters. The van der Waals surface area contributed by atoms with Crippen LogP contribution in [0.25, 0.3) is 0 Å². The first kappa shape index (κ1) is 11.0. The van der Waals surface area contributed by atoms with Gasteiger partial charge in [0.05, 0.1) is 6.10 Å². The van der Waals surface area contributed by atoms with E-state index in [4.69, 9.17) is 5.73 Å². The Morgan fingerprint density at radius 3 is 2.54 bits per heavy atom. The smallest absolute Gasteiger partial charge is 0.0814 e. The van der Waals surface area contributed by atoms with Crippen LogP contribution in [-0.4, -0.2) is 40.8 Å². The lowest BCUT2D eigenvalue weighted by Gasteiger charge is -2.38. The number of hydrogen-bond acceptors (Lipinski definition) is 3. The van der Waals surface area contributed by atoms with E-state index in [0.29, 0.717) is 6.54 Å². The summed E-state index contributed by atoms with van der Waals surface area (Å²) in [6.45, 7) is 7.98. The van der Waals surface area contributed by atoms with Gasteiger partial charge in [0.1, 0.15) is 0 Å². The molecule has 1 heterocycles. The molecule has 13 heavy (non-hydrogen) atoms. The van der Waals surface area contributed by atoms with Crippen molar-refractivity contribution in [2.75, 3.05) is 13.1 Å². The molecule has 0 aromatic heterocycles. The average Bonchev–Trinajstić information content (AvgIpc) is 2.42. The zero-order valence-corrected chi connectivity index (χ0v) is 8.95. The maximum atomic E-state index is 9.65. The SMILES string of the molecule is CC(C(O)CN)N1CCCC1(C)C. The molecule has 3 heteroatoms. The summed E-state index contributed by atoms with van der Waals surface area (Å²) in [7, 11) is 0. The molecule has 0 saturated carbocycles. The van der Waals surface area contributed by atoms with E-state index < -0.39 is 6.10 Å². The van der Waals surface area contributed by atoms with E-state index in [0.717, 1.165) is 6.54 Å². The van der Waals surface area contributed by atoms with Crippen LogP contribution in [0, 0.1) is 0 Å². The van der Waals surface area contributed by atoms with Gasteiger partial charge in [-0.2, -0.15) is 0 Å². The zero-order chi connectivity index (χ0) is 10.1. The highest BCUT2D eigenvalue weighted by molar-refractivity contribution is 4.92. The van der Waals surface area contributed by atoms with Crippen LogP contribution in [0.4, 0.5) is 0 Å². The largest absolute Gasteiger partial charge is 0.390 e. The predicted molar refractivity (Wildman–Crippen MR) is 54.5 cm³/mol.